The van der Waals surface area contributed by atoms with Gasteiger partial charge in [-0.3, -0.25) is 14.9 Å². The summed E-state index contributed by atoms with van der Waals surface area (Å²) in [7, 11) is 0. The highest BCUT2D eigenvalue weighted by Crippen LogP contribution is 2.42. The zero-order valence-electron chi connectivity index (χ0n) is 19.2. The van der Waals surface area contributed by atoms with Crippen LogP contribution in [0.3, 0.4) is 0 Å². The van der Waals surface area contributed by atoms with E-state index in [2.05, 4.69) is 44.1 Å². The molecule has 2 aliphatic rings. The highest BCUT2D eigenvalue weighted by atomic mass is 19.1. The second-order valence-corrected chi connectivity index (χ2v) is 9.06. The third-order valence-electron chi connectivity index (χ3n) is 6.45. The molecule has 1 heterocycles. The number of carbonyl (C=O) groups excluding carboxylic acids is 2. The lowest BCUT2D eigenvalue weighted by atomic mass is 9.73. The number of imide groups is 1. The maximum absolute atomic E-state index is 12.9. The van der Waals surface area contributed by atoms with Gasteiger partial charge in [0.25, 0.3) is 0 Å². The van der Waals surface area contributed by atoms with Gasteiger partial charge in [0.05, 0.1) is 0 Å². The van der Waals surface area contributed by atoms with Gasteiger partial charge in [-0.25, -0.2) is 4.39 Å². The fourth-order valence-electron chi connectivity index (χ4n) is 4.18. The van der Waals surface area contributed by atoms with E-state index in [4.69, 9.17) is 0 Å². The first-order valence-electron chi connectivity index (χ1n) is 11.4. The molecule has 1 fully saturated rings. The molecule has 0 saturated carbocycles. The molecular weight excluding hydrogens is 391 g/mol. The summed E-state index contributed by atoms with van der Waals surface area (Å²) in [5.74, 6) is -0.986. The van der Waals surface area contributed by atoms with Gasteiger partial charge in [0, 0.05) is 13.5 Å². The van der Waals surface area contributed by atoms with E-state index in [0.29, 0.717) is 23.9 Å². The Hall–Kier alpha value is -2.43. The molecule has 0 spiro atoms. The SMILES string of the molecule is C=C(C)CCC1(CC)CCC=C(C)CC1.O=C1CCC(Nc2cccc(F)c2)C(=O)N1.[HH]. The Morgan fingerprint density at radius 2 is 2.10 bits per heavy atom. The van der Waals surface area contributed by atoms with Gasteiger partial charge >= 0.3 is 0 Å². The Morgan fingerprint density at radius 1 is 1.32 bits per heavy atom. The van der Waals surface area contributed by atoms with Gasteiger partial charge in [0.15, 0.2) is 0 Å². The Kier molecular flexibility index (Phi) is 9.47. The summed E-state index contributed by atoms with van der Waals surface area (Å²) in [5, 5.41) is 5.12. The van der Waals surface area contributed by atoms with Crippen LogP contribution in [0.1, 0.15) is 80.0 Å². The summed E-state index contributed by atoms with van der Waals surface area (Å²) in [5.41, 5.74) is 4.08. The fourth-order valence-corrected chi connectivity index (χ4v) is 4.18. The molecule has 172 valence electrons. The topological polar surface area (TPSA) is 58.2 Å². The smallest absolute Gasteiger partial charge is 0.249 e. The standard InChI is InChI=1S/C15H26.C11H11FN2O2.H2/c1-5-15(11-8-13(2)3)10-6-7-14(4)9-12-15;12-7-2-1-3-8(6-7)13-9-4-5-10(15)14-11(9)16;/h7H,2,5-6,8-12H2,1,3-4H3;1-3,6,9,13H,4-5H2,(H,14,15,16);1H. The predicted molar refractivity (Wildman–Crippen MR) is 127 cm³/mol. The monoisotopic (exact) mass is 430 g/mol. The number of allylic oxidation sites excluding steroid dienone is 3. The number of rotatable bonds is 6. The number of hydrogen-bond donors (Lipinski definition) is 2. The van der Waals surface area contributed by atoms with Gasteiger partial charge in [0.2, 0.25) is 11.8 Å². The van der Waals surface area contributed by atoms with Crippen LogP contribution in [-0.2, 0) is 9.59 Å². The van der Waals surface area contributed by atoms with E-state index in [1.807, 2.05) is 0 Å². The van der Waals surface area contributed by atoms with Crippen LogP contribution in [0.2, 0.25) is 0 Å². The summed E-state index contributed by atoms with van der Waals surface area (Å²) in [6.07, 6.45) is 12.4. The summed E-state index contributed by atoms with van der Waals surface area (Å²) in [4.78, 5) is 22.3. The van der Waals surface area contributed by atoms with Crippen molar-refractivity contribution in [2.24, 2.45) is 5.41 Å². The molecule has 0 aromatic heterocycles. The van der Waals surface area contributed by atoms with Crippen LogP contribution in [0.5, 0.6) is 0 Å². The zero-order valence-corrected chi connectivity index (χ0v) is 19.2. The highest BCUT2D eigenvalue weighted by Gasteiger charge is 2.28. The molecular formula is C26H39FN2O2. The average molecular weight is 431 g/mol. The van der Waals surface area contributed by atoms with Crippen LogP contribution in [0.4, 0.5) is 10.1 Å². The quantitative estimate of drug-likeness (QED) is 0.397. The normalized spacial score (nSPS) is 23.6. The van der Waals surface area contributed by atoms with Gasteiger partial charge in [0.1, 0.15) is 11.9 Å². The molecule has 3 rings (SSSR count). The van der Waals surface area contributed by atoms with E-state index in [-0.39, 0.29) is 19.1 Å². The van der Waals surface area contributed by atoms with Crippen LogP contribution < -0.4 is 10.6 Å². The summed E-state index contributed by atoms with van der Waals surface area (Å²) >= 11 is 0. The Balaban J connectivity index is 0.000000311. The minimum absolute atomic E-state index is 0. The van der Waals surface area contributed by atoms with Crippen molar-refractivity contribution in [3.63, 3.8) is 0 Å². The molecule has 2 unspecified atom stereocenters. The molecule has 0 bridgehead atoms. The van der Waals surface area contributed by atoms with Crippen LogP contribution >= 0.6 is 0 Å². The predicted octanol–water partition coefficient (Wildman–Crippen LogP) is 6.55. The minimum atomic E-state index is -0.473. The highest BCUT2D eigenvalue weighted by molar-refractivity contribution is 6.01. The summed E-state index contributed by atoms with van der Waals surface area (Å²) in [6, 6.07) is 5.40. The average Bonchev–Trinajstić information content (AvgIpc) is 2.91. The van der Waals surface area contributed by atoms with Crippen molar-refractivity contribution in [3.05, 3.63) is 53.9 Å². The van der Waals surface area contributed by atoms with Crippen molar-refractivity contribution in [2.75, 3.05) is 5.32 Å². The third-order valence-corrected chi connectivity index (χ3v) is 6.45. The van der Waals surface area contributed by atoms with E-state index in [1.54, 1.807) is 17.7 Å². The van der Waals surface area contributed by atoms with Crippen LogP contribution in [0, 0.1) is 11.2 Å². The van der Waals surface area contributed by atoms with Crippen molar-refractivity contribution in [3.8, 4) is 0 Å². The van der Waals surface area contributed by atoms with Gasteiger partial charge in [-0.2, -0.15) is 0 Å². The molecule has 1 aromatic carbocycles. The molecule has 0 radical (unpaired) electrons. The van der Waals surface area contributed by atoms with Crippen molar-refractivity contribution >= 4 is 17.5 Å². The Morgan fingerprint density at radius 3 is 2.74 bits per heavy atom. The minimum Gasteiger partial charge on any atom is -0.374 e. The Bertz CT molecular complexity index is 824. The van der Waals surface area contributed by atoms with Gasteiger partial charge in [-0.1, -0.05) is 36.6 Å². The van der Waals surface area contributed by atoms with Crippen LogP contribution in [0.15, 0.2) is 48.1 Å². The number of nitrogens with one attached hydrogen (secondary N) is 2. The first-order valence-corrected chi connectivity index (χ1v) is 11.4. The molecule has 2 amide bonds. The lowest BCUT2D eigenvalue weighted by Crippen LogP contribution is -2.47. The van der Waals surface area contributed by atoms with Gasteiger partial charge in [-0.05, 0) is 82.4 Å². The van der Waals surface area contributed by atoms with E-state index in [1.165, 1.54) is 62.7 Å². The van der Waals surface area contributed by atoms with Gasteiger partial charge < -0.3 is 5.32 Å². The number of amides is 2. The molecule has 5 heteroatoms. The molecule has 2 atom stereocenters. The van der Waals surface area contributed by atoms with E-state index in [0.717, 1.165) is 0 Å². The lowest BCUT2D eigenvalue weighted by Gasteiger charge is -2.32. The molecule has 2 N–H and O–H groups in total. The van der Waals surface area contributed by atoms with Crippen molar-refractivity contribution in [1.82, 2.24) is 5.32 Å². The number of carbonyl (C=O) groups is 2. The second kappa shape index (κ2) is 11.8. The first kappa shape index (κ1) is 24.8. The maximum atomic E-state index is 12.9. The molecule has 31 heavy (non-hydrogen) atoms. The molecule has 4 nitrogen and oxygen atoms in total. The Labute approximate surface area is 187 Å². The van der Waals surface area contributed by atoms with Crippen molar-refractivity contribution in [1.29, 1.82) is 0 Å². The number of halogens is 1. The lowest BCUT2D eigenvalue weighted by molar-refractivity contribution is -0.133. The van der Waals surface area contributed by atoms with Gasteiger partial charge in [-0.15, -0.1) is 6.58 Å². The zero-order chi connectivity index (χ0) is 22.9. The van der Waals surface area contributed by atoms with E-state index in [9.17, 15) is 14.0 Å². The summed E-state index contributed by atoms with van der Waals surface area (Å²) < 4.78 is 12.9. The molecule has 1 saturated heterocycles. The van der Waals surface area contributed by atoms with Crippen molar-refractivity contribution < 1.29 is 15.4 Å². The molecule has 1 aliphatic heterocycles. The molecule has 1 aliphatic carbocycles. The van der Waals surface area contributed by atoms with Crippen LogP contribution in [0.25, 0.3) is 0 Å². The van der Waals surface area contributed by atoms with E-state index >= 15 is 0 Å². The van der Waals surface area contributed by atoms with Crippen molar-refractivity contribution in [2.45, 2.75) is 84.6 Å². The van der Waals surface area contributed by atoms with E-state index < -0.39 is 6.04 Å². The number of hydrogen-bond acceptors (Lipinski definition) is 3. The third kappa shape index (κ3) is 8.31. The number of anilines is 1. The largest absolute Gasteiger partial charge is 0.374 e. The fraction of sp³-hybridized carbons (Fsp3) is 0.538. The first-order chi connectivity index (χ1) is 14.7. The number of benzene rings is 1. The maximum Gasteiger partial charge on any atom is 0.249 e. The molecule has 1 aromatic rings. The summed E-state index contributed by atoms with van der Waals surface area (Å²) in [6.45, 7) is 10.8. The number of piperidine rings is 1. The second-order valence-electron chi connectivity index (χ2n) is 9.06. The van der Waals surface area contributed by atoms with Crippen LogP contribution in [-0.4, -0.2) is 17.9 Å².